The number of benzene rings is 2. The minimum Gasteiger partial charge on any atom is -0.454 e. The van der Waals surface area contributed by atoms with Gasteiger partial charge in [-0.15, -0.1) is 0 Å². The Morgan fingerprint density at radius 3 is 2.69 bits per heavy atom. The van der Waals surface area contributed by atoms with Crippen LogP contribution in [0.3, 0.4) is 0 Å². The fourth-order valence-corrected chi connectivity index (χ4v) is 3.34. The summed E-state index contributed by atoms with van der Waals surface area (Å²) < 4.78 is 13.9. The molecule has 0 spiro atoms. The van der Waals surface area contributed by atoms with E-state index in [4.69, 9.17) is 9.47 Å². The lowest BCUT2D eigenvalue weighted by atomic mass is 10.2. The maximum atomic E-state index is 12.8. The molecule has 0 bridgehead atoms. The van der Waals surface area contributed by atoms with Gasteiger partial charge in [-0.25, -0.2) is 4.68 Å². The fraction of sp³-hybridized carbons (Fsp3) is 0.238. The van der Waals surface area contributed by atoms with E-state index in [9.17, 15) is 9.59 Å². The lowest BCUT2D eigenvalue weighted by molar-refractivity contribution is -0.659. The highest BCUT2D eigenvalue weighted by molar-refractivity contribution is 5.91. The topological polar surface area (TPSA) is 91.1 Å². The molecule has 1 aliphatic rings. The largest absolute Gasteiger partial charge is 0.454 e. The van der Waals surface area contributed by atoms with Crippen LogP contribution in [-0.2, 0) is 18.4 Å². The summed E-state index contributed by atoms with van der Waals surface area (Å²) in [5, 5.41) is 4.64. The molecular weight excluding hydrogens is 372 g/mol. The van der Waals surface area contributed by atoms with E-state index in [1.807, 2.05) is 60.8 Å². The summed E-state index contributed by atoms with van der Waals surface area (Å²) in [6, 6.07) is 15.1. The maximum absolute atomic E-state index is 12.8. The van der Waals surface area contributed by atoms with Crippen molar-refractivity contribution in [3.63, 3.8) is 0 Å². The first kappa shape index (κ1) is 18.8. The molecule has 1 amide bonds. The van der Waals surface area contributed by atoms with Crippen molar-refractivity contribution < 1.29 is 19.6 Å². The normalized spacial score (nSPS) is 12.2. The Morgan fingerprint density at radius 1 is 1.14 bits per heavy atom. The average molecular weight is 395 g/mol. The third kappa shape index (κ3) is 3.74. The van der Waals surface area contributed by atoms with Gasteiger partial charge in [-0.3, -0.25) is 14.3 Å². The Balaban J connectivity index is 1.40. The summed E-state index contributed by atoms with van der Waals surface area (Å²) in [5.74, 6) is 1.24. The van der Waals surface area contributed by atoms with Gasteiger partial charge >= 0.3 is 0 Å². The molecule has 0 fully saturated rings. The molecule has 8 nitrogen and oxygen atoms in total. The number of ether oxygens (including phenoxy) is 2. The van der Waals surface area contributed by atoms with Crippen LogP contribution >= 0.6 is 0 Å². The predicted molar refractivity (Wildman–Crippen MR) is 107 cm³/mol. The number of nitrogens with one attached hydrogen (secondary N) is 1. The second-order valence-corrected chi connectivity index (χ2v) is 6.87. The third-order valence-electron chi connectivity index (χ3n) is 4.97. The molecule has 0 saturated heterocycles. The van der Waals surface area contributed by atoms with Gasteiger partial charge in [0.1, 0.15) is 12.2 Å². The number of carbonyl (C=O) groups excluding carboxylic acids is 1. The number of para-hydroxylation sites is 1. The molecule has 4 rings (SSSR count). The number of nitrogens with zero attached hydrogens (tertiary/aromatic N) is 2. The van der Waals surface area contributed by atoms with Crippen LogP contribution in [0.15, 0.2) is 53.3 Å². The zero-order valence-corrected chi connectivity index (χ0v) is 16.3. The number of aromatic nitrogens is 2. The van der Waals surface area contributed by atoms with Gasteiger partial charge in [0.2, 0.25) is 6.79 Å². The Kier molecular flexibility index (Phi) is 5.09. The summed E-state index contributed by atoms with van der Waals surface area (Å²) in [6.45, 7) is 2.87. The maximum Gasteiger partial charge on any atom is 0.295 e. The van der Waals surface area contributed by atoms with Crippen LogP contribution in [0.2, 0.25) is 0 Å². The quantitative estimate of drug-likeness (QED) is 0.649. The van der Waals surface area contributed by atoms with Crippen LogP contribution in [0, 0.1) is 6.92 Å². The van der Waals surface area contributed by atoms with Crippen molar-refractivity contribution in [3.05, 3.63) is 70.1 Å². The van der Waals surface area contributed by atoms with Crippen LogP contribution < -0.4 is 25.7 Å². The number of hydrogen-bond donors (Lipinski definition) is 2. The molecule has 150 valence electrons. The lowest BCUT2D eigenvalue weighted by Crippen LogP contribution is -2.84. The predicted octanol–water partition coefficient (Wildman–Crippen LogP) is 0.915. The molecule has 0 unspecified atom stereocenters. The standard InChI is InChI=1S/C21H22N4O4/c1-14-20(21(27)25(24(14)2)16-6-4-3-5-7-16)23-19(26)12-22-11-15-8-9-17-18(10-15)29-13-28-17/h3-10,22H,11-13H2,1-2H3,(H,23,26)/p+1. The number of anilines is 1. The van der Waals surface area contributed by atoms with Gasteiger partial charge in [-0.05, 0) is 37.3 Å². The van der Waals surface area contributed by atoms with Gasteiger partial charge in [0.25, 0.3) is 11.5 Å². The van der Waals surface area contributed by atoms with Crippen molar-refractivity contribution in [3.8, 4) is 17.2 Å². The van der Waals surface area contributed by atoms with Crippen LogP contribution in [0.5, 0.6) is 11.5 Å². The van der Waals surface area contributed by atoms with E-state index in [0.717, 1.165) is 22.7 Å². The highest BCUT2D eigenvalue weighted by Crippen LogP contribution is 2.32. The molecule has 8 heteroatoms. The Labute approximate surface area is 167 Å². The SMILES string of the molecule is Cc1c(NC(=O)C[NH2+]Cc2ccc3c(c2)OCO3)c(=O)n(-c2ccccc2)n1C. The zero-order chi connectivity index (χ0) is 20.4. The smallest absolute Gasteiger partial charge is 0.295 e. The second kappa shape index (κ2) is 7.84. The van der Waals surface area contributed by atoms with Crippen molar-refractivity contribution in [2.75, 3.05) is 18.7 Å². The van der Waals surface area contributed by atoms with E-state index in [1.54, 1.807) is 16.4 Å². The van der Waals surface area contributed by atoms with Gasteiger partial charge < -0.3 is 20.1 Å². The van der Waals surface area contributed by atoms with Crippen molar-refractivity contribution >= 4 is 11.6 Å². The molecule has 0 radical (unpaired) electrons. The minimum absolute atomic E-state index is 0.202. The first-order valence-corrected chi connectivity index (χ1v) is 9.38. The molecule has 29 heavy (non-hydrogen) atoms. The molecular formula is C21H23N4O4+. The number of amides is 1. The van der Waals surface area contributed by atoms with E-state index in [0.29, 0.717) is 17.9 Å². The number of quaternary nitrogens is 1. The second-order valence-electron chi connectivity index (χ2n) is 6.87. The first-order chi connectivity index (χ1) is 14.0. The third-order valence-corrected chi connectivity index (χ3v) is 4.97. The van der Waals surface area contributed by atoms with Crippen LogP contribution in [0.25, 0.3) is 5.69 Å². The van der Waals surface area contributed by atoms with Crippen molar-refractivity contribution in [1.82, 2.24) is 9.36 Å². The van der Waals surface area contributed by atoms with E-state index >= 15 is 0 Å². The Bertz CT molecular complexity index is 1100. The number of rotatable bonds is 6. The fourth-order valence-electron chi connectivity index (χ4n) is 3.34. The number of nitrogens with two attached hydrogens (primary N) is 1. The van der Waals surface area contributed by atoms with Gasteiger partial charge in [0.05, 0.1) is 11.4 Å². The summed E-state index contributed by atoms with van der Waals surface area (Å²) in [7, 11) is 1.80. The summed E-state index contributed by atoms with van der Waals surface area (Å²) >= 11 is 0. The molecule has 2 heterocycles. The summed E-state index contributed by atoms with van der Waals surface area (Å²) in [4.78, 5) is 25.2. The van der Waals surface area contributed by atoms with Crippen LogP contribution in [-0.4, -0.2) is 28.6 Å². The van der Waals surface area contributed by atoms with Crippen LogP contribution in [0.1, 0.15) is 11.3 Å². The van der Waals surface area contributed by atoms with Gasteiger partial charge in [-0.2, -0.15) is 0 Å². The average Bonchev–Trinajstić information content (AvgIpc) is 3.27. The number of fused-ring (bicyclic) bond motifs is 1. The molecule has 1 aromatic heterocycles. The molecule has 1 aliphatic heterocycles. The lowest BCUT2D eigenvalue weighted by Gasteiger charge is -2.07. The van der Waals surface area contributed by atoms with Gasteiger partial charge in [0, 0.05) is 12.6 Å². The highest BCUT2D eigenvalue weighted by atomic mass is 16.7. The minimum atomic E-state index is -0.250. The first-order valence-electron chi connectivity index (χ1n) is 9.38. The molecule has 0 aliphatic carbocycles. The molecule has 0 saturated carbocycles. The van der Waals surface area contributed by atoms with Crippen LogP contribution in [0.4, 0.5) is 5.69 Å². The summed E-state index contributed by atoms with van der Waals surface area (Å²) in [6.07, 6.45) is 0. The van der Waals surface area contributed by atoms with Crippen molar-refractivity contribution in [2.45, 2.75) is 13.5 Å². The number of carbonyl (C=O) groups is 1. The van der Waals surface area contributed by atoms with Gasteiger partial charge in [0.15, 0.2) is 18.0 Å². The molecule has 3 N–H and O–H groups in total. The Morgan fingerprint density at radius 2 is 1.90 bits per heavy atom. The van der Waals surface area contributed by atoms with E-state index in [1.165, 1.54) is 0 Å². The van der Waals surface area contributed by atoms with Crippen molar-refractivity contribution in [2.24, 2.45) is 7.05 Å². The summed E-state index contributed by atoms with van der Waals surface area (Å²) in [5.41, 5.74) is 2.53. The number of hydrogen-bond acceptors (Lipinski definition) is 4. The molecule has 0 atom stereocenters. The van der Waals surface area contributed by atoms with E-state index in [-0.39, 0.29) is 24.8 Å². The van der Waals surface area contributed by atoms with Crippen molar-refractivity contribution in [1.29, 1.82) is 0 Å². The molecule has 3 aromatic rings. The van der Waals surface area contributed by atoms with E-state index < -0.39 is 0 Å². The molecule has 2 aromatic carbocycles. The monoisotopic (exact) mass is 395 g/mol. The van der Waals surface area contributed by atoms with Gasteiger partial charge in [-0.1, -0.05) is 18.2 Å². The Hall–Kier alpha value is -3.52. The van der Waals surface area contributed by atoms with E-state index in [2.05, 4.69) is 5.32 Å². The highest BCUT2D eigenvalue weighted by Gasteiger charge is 2.19. The zero-order valence-electron chi connectivity index (χ0n) is 16.3.